The summed E-state index contributed by atoms with van der Waals surface area (Å²) < 4.78 is 12.1. The Balaban J connectivity index is 2.23. The molecule has 7 heteroatoms. The maximum absolute atomic E-state index is 11.5. The monoisotopic (exact) mass is 292 g/mol. The van der Waals surface area contributed by atoms with Crippen LogP contribution in [0, 0.1) is 13.8 Å². The van der Waals surface area contributed by atoms with Gasteiger partial charge in [0.2, 0.25) is 0 Å². The van der Waals surface area contributed by atoms with Gasteiger partial charge in [-0.3, -0.25) is 4.94 Å². The molecule has 21 heavy (non-hydrogen) atoms. The van der Waals surface area contributed by atoms with Crippen LogP contribution in [0.5, 0.6) is 0 Å². The molecule has 0 saturated carbocycles. The van der Waals surface area contributed by atoms with E-state index in [1.54, 1.807) is 26.2 Å². The molecular weight excluding hydrogens is 276 g/mol. The van der Waals surface area contributed by atoms with Crippen LogP contribution in [0.4, 0.5) is 0 Å². The van der Waals surface area contributed by atoms with E-state index in [0.717, 1.165) is 11.1 Å². The first-order chi connectivity index (χ1) is 9.96. The number of carbonyl (C=O) groups excluding carboxylic acids is 2. The van der Waals surface area contributed by atoms with Crippen molar-refractivity contribution in [1.29, 1.82) is 0 Å². The zero-order chi connectivity index (χ0) is 15.6. The maximum atomic E-state index is 11.5. The molecule has 7 nitrogen and oxygen atoms in total. The Morgan fingerprint density at radius 2 is 1.19 bits per heavy atom. The molecule has 0 unspecified atom stereocenters. The molecular formula is C14H16N2O5. The number of aromatic nitrogens is 2. The lowest BCUT2D eigenvalue weighted by atomic mass is 10.2. The van der Waals surface area contributed by atoms with Gasteiger partial charge in [0, 0.05) is 0 Å². The van der Waals surface area contributed by atoms with E-state index >= 15 is 0 Å². The number of ether oxygens (including phenoxy) is 2. The number of hydrogen-bond donors (Lipinski definition) is 0. The van der Waals surface area contributed by atoms with Crippen molar-refractivity contribution in [3.63, 3.8) is 0 Å². The molecule has 0 fully saturated rings. The molecule has 0 aromatic carbocycles. The highest BCUT2D eigenvalue weighted by Gasteiger charge is 2.15. The summed E-state index contributed by atoms with van der Waals surface area (Å²) in [6, 6.07) is 0. The lowest BCUT2D eigenvalue weighted by Crippen LogP contribution is -2.15. The van der Waals surface area contributed by atoms with Crippen LogP contribution >= 0.6 is 0 Å². The van der Waals surface area contributed by atoms with Crippen molar-refractivity contribution < 1.29 is 24.0 Å². The van der Waals surface area contributed by atoms with Gasteiger partial charge in [0.05, 0.1) is 50.1 Å². The quantitative estimate of drug-likeness (QED) is 0.796. The van der Waals surface area contributed by atoms with Crippen LogP contribution in [0.15, 0.2) is 24.8 Å². The normalized spacial score (nSPS) is 10.3. The summed E-state index contributed by atoms with van der Waals surface area (Å²) in [4.78, 5) is 28.6. The van der Waals surface area contributed by atoms with Crippen molar-refractivity contribution in [3.8, 4) is 0 Å². The molecule has 2 aromatic rings. The molecule has 0 aliphatic carbocycles. The van der Waals surface area contributed by atoms with Crippen molar-refractivity contribution in [2.24, 2.45) is 0 Å². The second-order valence-electron chi connectivity index (χ2n) is 4.49. The number of aryl methyl sites for hydroxylation is 2. The van der Waals surface area contributed by atoms with Crippen LogP contribution < -0.4 is 4.94 Å². The highest BCUT2D eigenvalue weighted by molar-refractivity contribution is 5.91. The van der Waals surface area contributed by atoms with E-state index < -0.39 is 11.9 Å². The zero-order valence-corrected chi connectivity index (χ0v) is 12.2. The summed E-state index contributed by atoms with van der Waals surface area (Å²) in [5, 5.41) is 0. The second-order valence-corrected chi connectivity index (χ2v) is 4.49. The molecule has 0 atom stereocenters. The predicted octanol–water partition coefficient (Wildman–Crippen LogP) is 1.37. The van der Waals surface area contributed by atoms with E-state index in [0.29, 0.717) is 11.1 Å². The van der Waals surface area contributed by atoms with Crippen molar-refractivity contribution >= 4 is 11.9 Å². The van der Waals surface area contributed by atoms with Crippen LogP contribution in [0.25, 0.3) is 0 Å². The van der Waals surface area contributed by atoms with E-state index in [-0.39, 0.29) is 0 Å². The molecule has 0 bridgehead atoms. The Morgan fingerprint density at radius 3 is 1.52 bits per heavy atom. The summed E-state index contributed by atoms with van der Waals surface area (Å²) in [6.45, 7) is 3.54. The minimum absolute atomic E-state index is 0.412. The van der Waals surface area contributed by atoms with Gasteiger partial charge >= 0.3 is 11.9 Å². The van der Waals surface area contributed by atoms with E-state index in [4.69, 9.17) is 4.94 Å². The molecule has 0 spiro atoms. The van der Waals surface area contributed by atoms with Gasteiger partial charge in [-0.15, -0.1) is 0 Å². The van der Waals surface area contributed by atoms with Gasteiger partial charge < -0.3 is 9.47 Å². The van der Waals surface area contributed by atoms with Gasteiger partial charge in [-0.1, -0.05) is 0 Å². The first kappa shape index (κ1) is 14.7. The Kier molecular flexibility index (Phi) is 4.02. The molecule has 0 saturated heterocycles. The van der Waals surface area contributed by atoms with E-state index in [1.807, 2.05) is 0 Å². The van der Waals surface area contributed by atoms with Gasteiger partial charge in [0.25, 0.3) is 0 Å². The van der Waals surface area contributed by atoms with Crippen LogP contribution in [0.2, 0.25) is 0 Å². The fourth-order valence-electron chi connectivity index (χ4n) is 1.90. The molecule has 112 valence electrons. The topological polar surface area (TPSA) is 71.7 Å². The summed E-state index contributed by atoms with van der Waals surface area (Å²) in [5.74, 6) is -0.873. The summed E-state index contributed by atoms with van der Waals surface area (Å²) in [5.41, 5.74) is 2.27. The fourth-order valence-corrected chi connectivity index (χ4v) is 1.90. The number of carbonyl (C=O) groups is 2. The van der Waals surface area contributed by atoms with E-state index in [1.165, 1.54) is 36.1 Å². The smallest absolute Gasteiger partial charge is 0.339 e. The lowest BCUT2D eigenvalue weighted by molar-refractivity contribution is 0.0341. The van der Waals surface area contributed by atoms with E-state index in [9.17, 15) is 9.59 Å². The SMILES string of the molecule is COC(=O)c1cn(On2cc(C)c(C(=O)OC)c2)cc1C. The van der Waals surface area contributed by atoms with Gasteiger partial charge in [-0.2, -0.15) is 9.46 Å². The average Bonchev–Trinajstić information content (AvgIpc) is 3.00. The van der Waals surface area contributed by atoms with Crippen LogP contribution in [-0.2, 0) is 9.47 Å². The molecule has 2 aromatic heterocycles. The number of rotatable bonds is 4. The number of hydrogen-bond acceptors (Lipinski definition) is 5. The summed E-state index contributed by atoms with van der Waals surface area (Å²) in [7, 11) is 2.63. The number of esters is 2. The molecule has 0 aliphatic rings. The van der Waals surface area contributed by atoms with Crippen LogP contribution in [-0.4, -0.2) is 35.6 Å². The van der Waals surface area contributed by atoms with Crippen molar-refractivity contribution in [2.75, 3.05) is 14.2 Å². The van der Waals surface area contributed by atoms with E-state index in [2.05, 4.69) is 9.47 Å². The summed E-state index contributed by atoms with van der Waals surface area (Å²) in [6.07, 6.45) is 6.29. The van der Waals surface area contributed by atoms with Gasteiger partial charge in [-0.25, -0.2) is 9.59 Å². The third kappa shape index (κ3) is 2.91. The van der Waals surface area contributed by atoms with Crippen molar-refractivity contribution in [3.05, 3.63) is 47.0 Å². The zero-order valence-electron chi connectivity index (χ0n) is 12.2. The molecule has 0 amide bonds. The second kappa shape index (κ2) is 5.74. The largest absolute Gasteiger partial charge is 0.465 e. The average molecular weight is 292 g/mol. The van der Waals surface area contributed by atoms with Crippen LogP contribution in [0.3, 0.4) is 0 Å². The maximum Gasteiger partial charge on any atom is 0.339 e. The fraction of sp³-hybridized carbons (Fsp3) is 0.286. The number of nitrogens with zero attached hydrogens (tertiary/aromatic N) is 2. The van der Waals surface area contributed by atoms with Gasteiger partial charge in [-0.05, 0) is 25.0 Å². The Labute approximate surface area is 121 Å². The van der Waals surface area contributed by atoms with Crippen molar-refractivity contribution in [1.82, 2.24) is 9.46 Å². The molecule has 2 rings (SSSR count). The highest BCUT2D eigenvalue weighted by Crippen LogP contribution is 2.12. The first-order valence-corrected chi connectivity index (χ1v) is 6.19. The van der Waals surface area contributed by atoms with Gasteiger partial charge in [0.1, 0.15) is 0 Å². The molecule has 0 aliphatic heterocycles. The lowest BCUT2D eigenvalue weighted by Gasteiger charge is -2.04. The van der Waals surface area contributed by atoms with Crippen LogP contribution in [0.1, 0.15) is 31.8 Å². The molecule has 2 heterocycles. The van der Waals surface area contributed by atoms with Crippen molar-refractivity contribution in [2.45, 2.75) is 13.8 Å². The Bertz CT molecular complexity index is 625. The first-order valence-electron chi connectivity index (χ1n) is 6.19. The highest BCUT2D eigenvalue weighted by atomic mass is 16.8. The third-order valence-corrected chi connectivity index (χ3v) is 3.00. The molecule has 0 radical (unpaired) electrons. The minimum Gasteiger partial charge on any atom is -0.465 e. The summed E-state index contributed by atoms with van der Waals surface area (Å²) >= 11 is 0. The number of methoxy groups -OCH3 is 2. The minimum atomic E-state index is -0.436. The molecule has 0 N–H and O–H groups in total. The standard InChI is InChI=1S/C14H16N2O5/c1-9-5-15(7-11(9)13(17)19-3)21-16-6-10(2)12(8-16)14(18)20-4/h5-8H,1-4H3. The van der Waals surface area contributed by atoms with Gasteiger partial charge in [0.15, 0.2) is 0 Å². The Morgan fingerprint density at radius 1 is 0.810 bits per heavy atom. The predicted molar refractivity (Wildman–Crippen MR) is 73.0 cm³/mol. The third-order valence-electron chi connectivity index (χ3n) is 3.00. The Hall–Kier alpha value is -2.70.